The van der Waals surface area contributed by atoms with Crippen molar-refractivity contribution in [1.29, 1.82) is 0 Å². The summed E-state index contributed by atoms with van der Waals surface area (Å²) in [5.74, 6) is 5.55. The Morgan fingerprint density at radius 2 is 1.93 bits per heavy atom. The molecule has 0 bridgehead atoms. The van der Waals surface area contributed by atoms with Gasteiger partial charge in [0.15, 0.2) is 0 Å². The Morgan fingerprint density at radius 3 is 2.68 bits per heavy atom. The van der Waals surface area contributed by atoms with Gasteiger partial charge in [-0.15, -0.1) is 0 Å². The number of para-hydroxylation sites is 2. The van der Waals surface area contributed by atoms with Crippen molar-refractivity contribution in [2.45, 2.75) is 0 Å². The van der Waals surface area contributed by atoms with E-state index in [2.05, 4.69) is 27.1 Å². The third kappa shape index (κ3) is 3.76. The standard InChI is InChI=1S/C21H16N4O3/c26-20(19-14-23-17-5-1-2-6-18(17)24-19)22-11-3-4-15-7-9-16(10-8-15)25-12-13-28-21(25)27/h1-2,5-10,14H,11-13H2,(H,22,26). The number of hydrogen-bond donors (Lipinski definition) is 1. The SMILES string of the molecule is O=C(NCC#Cc1ccc(N2CCOC2=O)cc1)c1cnc2ccccc2n1. The number of aromatic nitrogens is 2. The Kier molecular flexibility index (Phi) is 4.85. The number of hydrogen-bond acceptors (Lipinski definition) is 5. The number of nitrogens with one attached hydrogen (secondary N) is 1. The number of cyclic esters (lactones) is 1. The molecule has 1 aromatic heterocycles. The molecule has 7 nitrogen and oxygen atoms in total. The molecule has 2 heterocycles. The van der Waals surface area contributed by atoms with E-state index in [-0.39, 0.29) is 24.2 Å². The lowest BCUT2D eigenvalue weighted by Crippen LogP contribution is -2.24. The third-order valence-electron chi connectivity index (χ3n) is 4.19. The number of amides is 2. The molecule has 28 heavy (non-hydrogen) atoms. The first-order valence-corrected chi connectivity index (χ1v) is 8.74. The Balaban J connectivity index is 1.35. The van der Waals surface area contributed by atoms with E-state index in [1.165, 1.54) is 6.20 Å². The number of ether oxygens (including phenoxy) is 1. The molecule has 1 aliphatic rings. The smallest absolute Gasteiger partial charge is 0.414 e. The fraction of sp³-hybridized carbons (Fsp3) is 0.143. The zero-order valence-corrected chi connectivity index (χ0v) is 14.9. The third-order valence-corrected chi connectivity index (χ3v) is 4.19. The molecule has 0 unspecified atom stereocenters. The van der Waals surface area contributed by atoms with Gasteiger partial charge in [-0.25, -0.2) is 9.78 Å². The average Bonchev–Trinajstić information content (AvgIpc) is 3.17. The lowest BCUT2D eigenvalue weighted by molar-refractivity contribution is 0.0953. The molecule has 1 saturated heterocycles. The minimum atomic E-state index is -0.335. The van der Waals surface area contributed by atoms with Crippen LogP contribution in [0.4, 0.5) is 10.5 Å². The van der Waals surface area contributed by atoms with Crippen LogP contribution in [-0.2, 0) is 4.74 Å². The first-order valence-electron chi connectivity index (χ1n) is 8.74. The van der Waals surface area contributed by atoms with Crippen molar-refractivity contribution in [3.8, 4) is 11.8 Å². The maximum absolute atomic E-state index is 12.2. The largest absolute Gasteiger partial charge is 0.447 e. The monoisotopic (exact) mass is 372 g/mol. The van der Waals surface area contributed by atoms with Crippen LogP contribution in [-0.4, -0.2) is 41.7 Å². The number of anilines is 1. The van der Waals surface area contributed by atoms with E-state index in [9.17, 15) is 9.59 Å². The van der Waals surface area contributed by atoms with Crippen LogP contribution >= 0.6 is 0 Å². The van der Waals surface area contributed by atoms with Crippen LogP contribution in [0.5, 0.6) is 0 Å². The lowest BCUT2D eigenvalue weighted by atomic mass is 10.2. The van der Waals surface area contributed by atoms with Gasteiger partial charge in [0.05, 0.1) is 30.3 Å². The average molecular weight is 372 g/mol. The Morgan fingerprint density at radius 1 is 1.14 bits per heavy atom. The molecule has 1 fully saturated rings. The van der Waals surface area contributed by atoms with Gasteiger partial charge in [0.1, 0.15) is 12.3 Å². The van der Waals surface area contributed by atoms with Gasteiger partial charge in [-0.1, -0.05) is 24.0 Å². The van der Waals surface area contributed by atoms with Crippen molar-refractivity contribution >= 4 is 28.7 Å². The highest BCUT2D eigenvalue weighted by molar-refractivity contribution is 5.93. The summed E-state index contributed by atoms with van der Waals surface area (Å²) >= 11 is 0. The number of carbonyl (C=O) groups excluding carboxylic acids is 2. The van der Waals surface area contributed by atoms with Crippen molar-refractivity contribution in [3.05, 3.63) is 66.0 Å². The summed E-state index contributed by atoms with van der Waals surface area (Å²) < 4.78 is 4.92. The molecule has 0 spiro atoms. The van der Waals surface area contributed by atoms with Crippen molar-refractivity contribution in [1.82, 2.24) is 15.3 Å². The second kappa shape index (κ2) is 7.76. The van der Waals surface area contributed by atoms with Crippen molar-refractivity contribution in [3.63, 3.8) is 0 Å². The summed E-state index contributed by atoms with van der Waals surface area (Å²) in [6.07, 6.45) is 1.12. The summed E-state index contributed by atoms with van der Waals surface area (Å²) in [5.41, 5.74) is 3.22. The predicted octanol–water partition coefficient (Wildman–Crippen LogP) is 2.37. The Labute approximate surface area is 161 Å². The zero-order chi connectivity index (χ0) is 19.3. The van der Waals surface area contributed by atoms with E-state index >= 15 is 0 Å². The van der Waals surface area contributed by atoms with Crippen LogP contribution in [0.15, 0.2) is 54.7 Å². The number of fused-ring (bicyclic) bond motifs is 1. The molecule has 4 rings (SSSR count). The van der Waals surface area contributed by atoms with Gasteiger partial charge in [-0.3, -0.25) is 14.7 Å². The van der Waals surface area contributed by atoms with Crippen molar-refractivity contribution < 1.29 is 14.3 Å². The Hall–Kier alpha value is -3.92. The molecule has 2 amide bonds. The molecule has 3 aromatic rings. The zero-order valence-electron chi connectivity index (χ0n) is 14.9. The number of carbonyl (C=O) groups is 2. The molecule has 0 saturated carbocycles. The molecule has 2 aromatic carbocycles. The van der Waals surface area contributed by atoms with Gasteiger partial charge >= 0.3 is 6.09 Å². The van der Waals surface area contributed by atoms with Gasteiger partial charge in [0, 0.05) is 11.3 Å². The predicted molar refractivity (Wildman–Crippen MR) is 104 cm³/mol. The fourth-order valence-electron chi connectivity index (χ4n) is 2.78. The molecule has 138 valence electrons. The second-order valence-electron chi connectivity index (χ2n) is 6.04. The van der Waals surface area contributed by atoms with Crippen LogP contribution in [0.3, 0.4) is 0 Å². The summed E-state index contributed by atoms with van der Waals surface area (Å²) in [7, 11) is 0. The molecule has 0 atom stereocenters. The number of benzene rings is 2. The molecule has 1 aliphatic heterocycles. The maximum atomic E-state index is 12.2. The second-order valence-corrected chi connectivity index (χ2v) is 6.04. The van der Waals surface area contributed by atoms with Crippen LogP contribution in [0.2, 0.25) is 0 Å². The first-order chi connectivity index (χ1) is 13.7. The highest BCUT2D eigenvalue weighted by Crippen LogP contribution is 2.18. The highest BCUT2D eigenvalue weighted by Gasteiger charge is 2.23. The van der Waals surface area contributed by atoms with E-state index in [1.54, 1.807) is 4.90 Å². The van der Waals surface area contributed by atoms with Crippen LogP contribution in [0.25, 0.3) is 11.0 Å². The van der Waals surface area contributed by atoms with E-state index in [1.807, 2.05) is 48.5 Å². The van der Waals surface area contributed by atoms with E-state index < -0.39 is 0 Å². The lowest BCUT2D eigenvalue weighted by Gasteiger charge is -2.11. The molecule has 0 aliphatic carbocycles. The van der Waals surface area contributed by atoms with E-state index in [0.717, 1.165) is 16.8 Å². The van der Waals surface area contributed by atoms with Crippen LogP contribution in [0.1, 0.15) is 16.1 Å². The summed E-state index contributed by atoms with van der Waals surface area (Å²) in [5, 5.41) is 2.71. The van der Waals surface area contributed by atoms with Crippen LogP contribution in [0, 0.1) is 11.8 Å². The van der Waals surface area contributed by atoms with E-state index in [4.69, 9.17) is 4.74 Å². The topological polar surface area (TPSA) is 84.4 Å². The van der Waals surface area contributed by atoms with Gasteiger partial charge in [0.2, 0.25) is 0 Å². The normalized spacial score (nSPS) is 13.0. The number of nitrogens with zero attached hydrogens (tertiary/aromatic N) is 3. The van der Waals surface area contributed by atoms with E-state index in [0.29, 0.717) is 18.7 Å². The molecular weight excluding hydrogens is 356 g/mol. The number of rotatable bonds is 3. The van der Waals surface area contributed by atoms with Gasteiger partial charge in [-0.05, 0) is 36.4 Å². The van der Waals surface area contributed by atoms with Crippen molar-refractivity contribution in [2.24, 2.45) is 0 Å². The Bertz CT molecular complexity index is 1100. The highest BCUT2D eigenvalue weighted by atomic mass is 16.6. The quantitative estimate of drug-likeness (QED) is 0.714. The summed E-state index contributed by atoms with van der Waals surface area (Å²) in [6, 6.07) is 14.7. The summed E-state index contributed by atoms with van der Waals surface area (Å²) in [4.78, 5) is 33.8. The first kappa shape index (κ1) is 17.5. The molecule has 7 heteroatoms. The van der Waals surface area contributed by atoms with Gasteiger partial charge < -0.3 is 10.1 Å². The maximum Gasteiger partial charge on any atom is 0.414 e. The van der Waals surface area contributed by atoms with Crippen LogP contribution < -0.4 is 10.2 Å². The van der Waals surface area contributed by atoms with Gasteiger partial charge in [-0.2, -0.15) is 0 Å². The minimum absolute atomic E-state index is 0.188. The van der Waals surface area contributed by atoms with Crippen molar-refractivity contribution in [2.75, 3.05) is 24.6 Å². The molecular formula is C21H16N4O3. The molecule has 1 N–H and O–H groups in total. The fourth-order valence-corrected chi connectivity index (χ4v) is 2.78. The van der Waals surface area contributed by atoms with Gasteiger partial charge in [0.25, 0.3) is 5.91 Å². The summed E-state index contributed by atoms with van der Waals surface area (Å²) in [6.45, 7) is 1.14. The molecule has 0 radical (unpaired) electrons. The minimum Gasteiger partial charge on any atom is -0.447 e.